The zero-order valence-electron chi connectivity index (χ0n) is 17.3. The standard InChI is InChI=1S/C22H22ClN3O5S/c1-26(15-5-2-4-14(23)10-15)32(29,30)17-7-8-20-18(11-17)21(27)19(13-24-20)22(28)25-12-16-6-3-9-31-16/h2,4-5,7-8,10-11,13,16H,3,6,9,12H2,1H3,(H,24,27)(H,25,28). The molecule has 4 rings (SSSR count). The third kappa shape index (κ3) is 4.36. The Hall–Kier alpha value is -2.88. The van der Waals surface area contributed by atoms with Crippen LogP contribution in [0.15, 0.2) is 58.4 Å². The average Bonchev–Trinajstić information content (AvgIpc) is 3.31. The molecule has 1 fully saturated rings. The summed E-state index contributed by atoms with van der Waals surface area (Å²) in [5.74, 6) is -0.534. The van der Waals surface area contributed by atoms with Crippen molar-refractivity contribution in [2.75, 3.05) is 24.5 Å². The van der Waals surface area contributed by atoms with Gasteiger partial charge in [-0.1, -0.05) is 17.7 Å². The Balaban J connectivity index is 1.66. The highest BCUT2D eigenvalue weighted by Crippen LogP contribution is 2.25. The maximum absolute atomic E-state index is 13.1. The molecule has 1 amide bonds. The van der Waals surface area contributed by atoms with Crippen molar-refractivity contribution in [1.29, 1.82) is 0 Å². The van der Waals surface area contributed by atoms with Gasteiger partial charge in [-0.15, -0.1) is 0 Å². The fourth-order valence-corrected chi connectivity index (χ4v) is 5.00. The van der Waals surface area contributed by atoms with E-state index in [0.29, 0.717) is 29.4 Å². The van der Waals surface area contributed by atoms with Crippen LogP contribution in [0.4, 0.5) is 5.69 Å². The van der Waals surface area contributed by atoms with Gasteiger partial charge in [-0.05, 0) is 49.2 Å². The molecule has 8 nitrogen and oxygen atoms in total. The summed E-state index contributed by atoms with van der Waals surface area (Å²) in [6.45, 7) is 0.979. The first-order chi connectivity index (χ1) is 15.3. The molecule has 0 spiro atoms. The number of aromatic amines is 1. The number of nitrogens with zero attached hydrogens (tertiary/aromatic N) is 1. The largest absolute Gasteiger partial charge is 0.376 e. The summed E-state index contributed by atoms with van der Waals surface area (Å²) in [7, 11) is -2.56. The van der Waals surface area contributed by atoms with E-state index in [-0.39, 0.29) is 21.9 Å². The summed E-state index contributed by atoms with van der Waals surface area (Å²) in [4.78, 5) is 28.4. The Kier molecular flexibility index (Phi) is 6.23. The lowest BCUT2D eigenvalue weighted by Crippen LogP contribution is -2.34. The summed E-state index contributed by atoms with van der Waals surface area (Å²) >= 11 is 5.99. The monoisotopic (exact) mass is 475 g/mol. The number of sulfonamides is 1. The summed E-state index contributed by atoms with van der Waals surface area (Å²) in [5, 5.41) is 3.22. The number of carbonyl (C=O) groups excluding carboxylic acids is 1. The molecule has 2 heterocycles. The normalized spacial score (nSPS) is 16.2. The van der Waals surface area contributed by atoms with Gasteiger partial charge in [0.2, 0.25) is 5.43 Å². The number of fused-ring (bicyclic) bond motifs is 1. The number of H-pyrrole nitrogens is 1. The maximum atomic E-state index is 13.1. The highest BCUT2D eigenvalue weighted by Gasteiger charge is 2.23. The van der Waals surface area contributed by atoms with Crippen molar-refractivity contribution in [2.45, 2.75) is 23.8 Å². The van der Waals surface area contributed by atoms with Crippen LogP contribution in [0.3, 0.4) is 0 Å². The Morgan fingerprint density at radius 3 is 2.81 bits per heavy atom. The van der Waals surface area contributed by atoms with E-state index >= 15 is 0 Å². The highest BCUT2D eigenvalue weighted by molar-refractivity contribution is 7.92. The van der Waals surface area contributed by atoms with Crippen LogP contribution in [-0.2, 0) is 14.8 Å². The molecule has 0 bridgehead atoms. The minimum absolute atomic E-state index is 0.0581. The summed E-state index contributed by atoms with van der Waals surface area (Å²) in [6.07, 6.45) is 3.08. The molecular weight excluding hydrogens is 454 g/mol. The van der Waals surface area contributed by atoms with Crippen LogP contribution in [0.2, 0.25) is 5.02 Å². The number of benzene rings is 2. The number of carbonyl (C=O) groups is 1. The first-order valence-electron chi connectivity index (χ1n) is 10.1. The van der Waals surface area contributed by atoms with Crippen LogP contribution in [0, 0.1) is 0 Å². The first kappa shape index (κ1) is 22.3. The van der Waals surface area contributed by atoms with Gasteiger partial charge in [0.05, 0.1) is 16.7 Å². The molecule has 1 aliphatic heterocycles. The topological polar surface area (TPSA) is 109 Å². The van der Waals surface area contributed by atoms with Crippen molar-refractivity contribution in [2.24, 2.45) is 0 Å². The average molecular weight is 476 g/mol. The highest BCUT2D eigenvalue weighted by atomic mass is 35.5. The van der Waals surface area contributed by atoms with Crippen molar-refractivity contribution >= 4 is 44.1 Å². The van der Waals surface area contributed by atoms with E-state index in [0.717, 1.165) is 17.1 Å². The van der Waals surface area contributed by atoms with Gasteiger partial charge in [0.1, 0.15) is 5.56 Å². The molecule has 3 aromatic rings. The van der Waals surface area contributed by atoms with E-state index in [2.05, 4.69) is 10.3 Å². The van der Waals surface area contributed by atoms with Crippen molar-refractivity contribution < 1.29 is 17.9 Å². The SMILES string of the molecule is CN(c1cccc(Cl)c1)S(=O)(=O)c1ccc2[nH]cc(C(=O)NCC3CCCO3)c(=O)c2c1. The molecule has 0 aliphatic carbocycles. The number of hydrogen-bond acceptors (Lipinski definition) is 5. The third-order valence-corrected chi connectivity index (χ3v) is 7.46. The predicted octanol–water partition coefficient (Wildman–Crippen LogP) is 2.92. The molecule has 2 aromatic carbocycles. The minimum Gasteiger partial charge on any atom is -0.376 e. The summed E-state index contributed by atoms with van der Waals surface area (Å²) < 4.78 is 32.9. The number of nitrogens with one attached hydrogen (secondary N) is 2. The lowest BCUT2D eigenvalue weighted by atomic mass is 10.1. The molecule has 1 saturated heterocycles. The second-order valence-corrected chi connectivity index (χ2v) is 9.94. The van der Waals surface area contributed by atoms with Crippen LogP contribution in [0.1, 0.15) is 23.2 Å². The Labute approximate surface area is 190 Å². The zero-order chi connectivity index (χ0) is 22.9. The molecule has 10 heteroatoms. The van der Waals surface area contributed by atoms with Crippen molar-refractivity contribution in [3.63, 3.8) is 0 Å². The van der Waals surface area contributed by atoms with Crippen LogP contribution in [0.5, 0.6) is 0 Å². The molecule has 1 unspecified atom stereocenters. The molecule has 0 radical (unpaired) electrons. The Morgan fingerprint density at radius 1 is 1.28 bits per heavy atom. The first-order valence-corrected chi connectivity index (χ1v) is 11.9. The fourth-order valence-electron chi connectivity index (χ4n) is 3.60. The third-order valence-electron chi connectivity index (χ3n) is 5.44. The molecule has 168 valence electrons. The number of anilines is 1. The number of ether oxygens (including phenoxy) is 1. The molecular formula is C22H22ClN3O5S. The van der Waals surface area contributed by atoms with Gasteiger partial charge in [0, 0.05) is 42.3 Å². The van der Waals surface area contributed by atoms with Gasteiger partial charge in [0.25, 0.3) is 15.9 Å². The predicted molar refractivity (Wildman–Crippen MR) is 123 cm³/mol. The number of pyridine rings is 1. The van der Waals surface area contributed by atoms with Crippen LogP contribution < -0.4 is 15.1 Å². The van der Waals surface area contributed by atoms with Gasteiger partial charge < -0.3 is 15.0 Å². The molecule has 1 aliphatic rings. The van der Waals surface area contributed by atoms with E-state index in [1.165, 1.54) is 37.5 Å². The zero-order valence-corrected chi connectivity index (χ0v) is 18.9. The van der Waals surface area contributed by atoms with Crippen LogP contribution in [0.25, 0.3) is 10.9 Å². The van der Waals surface area contributed by atoms with Gasteiger partial charge in [-0.3, -0.25) is 13.9 Å². The van der Waals surface area contributed by atoms with Gasteiger partial charge >= 0.3 is 0 Å². The number of hydrogen-bond donors (Lipinski definition) is 2. The Morgan fingerprint density at radius 2 is 2.09 bits per heavy atom. The van der Waals surface area contributed by atoms with E-state index < -0.39 is 21.4 Å². The molecule has 32 heavy (non-hydrogen) atoms. The van der Waals surface area contributed by atoms with Crippen LogP contribution in [-0.4, -0.2) is 45.6 Å². The number of amides is 1. The van der Waals surface area contributed by atoms with E-state index in [9.17, 15) is 18.0 Å². The van der Waals surface area contributed by atoms with E-state index in [1.54, 1.807) is 18.2 Å². The second-order valence-electron chi connectivity index (χ2n) is 7.54. The van der Waals surface area contributed by atoms with Gasteiger partial charge in [-0.2, -0.15) is 0 Å². The number of aromatic nitrogens is 1. The molecule has 1 atom stereocenters. The summed E-state index contributed by atoms with van der Waals surface area (Å²) in [5.41, 5.74) is 0.170. The summed E-state index contributed by atoms with van der Waals surface area (Å²) in [6, 6.07) is 10.6. The fraction of sp³-hybridized carbons (Fsp3) is 0.273. The lowest BCUT2D eigenvalue weighted by Gasteiger charge is -2.20. The molecule has 2 N–H and O–H groups in total. The van der Waals surface area contributed by atoms with Gasteiger partial charge in [0.15, 0.2) is 0 Å². The second kappa shape index (κ2) is 8.93. The minimum atomic E-state index is -3.97. The van der Waals surface area contributed by atoms with Crippen molar-refractivity contribution in [3.05, 3.63) is 69.5 Å². The lowest BCUT2D eigenvalue weighted by molar-refractivity contribution is 0.0857. The Bertz CT molecular complexity index is 1330. The smallest absolute Gasteiger partial charge is 0.264 e. The number of halogens is 1. The van der Waals surface area contributed by atoms with Crippen molar-refractivity contribution in [1.82, 2.24) is 10.3 Å². The molecule has 1 aromatic heterocycles. The maximum Gasteiger partial charge on any atom is 0.264 e. The number of rotatable bonds is 6. The van der Waals surface area contributed by atoms with E-state index in [1.807, 2.05) is 0 Å². The quantitative estimate of drug-likeness (QED) is 0.569. The van der Waals surface area contributed by atoms with Crippen LogP contribution >= 0.6 is 11.6 Å². The van der Waals surface area contributed by atoms with Gasteiger partial charge in [-0.25, -0.2) is 8.42 Å². The van der Waals surface area contributed by atoms with E-state index in [4.69, 9.17) is 16.3 Å². The van der Waals surface area contributed by atoms with Crippen molar-refractivity contribution in [3.8, 4) is 0 Å². The molecule has 0 saturated carbocycles.